The summed E-state index contributed by atoms with van der Waals surface area (Å²) in [6, 6.07) is 9.16. The van der Waals surface area contributed by atoms with Gasteiger partial charge in [-0.3, -0.25) is 14.6 Å². The molecule has 8 heteroatoms. The van der Waals surface area contributed by atoms with E-state index in [9.17, 15) is 9.59 Å². The SMILES string of the molecule is CC(=O)OC1CCN(c2ncc(C3CC3)cc2NC(=O)c2ccc(-c3ccncc3)o2)CC1. The van der Waals surface area contributed by atoms with Crippen LogP contribution in [0.25, 0.3) is 11.3 Å². The Labute approximate surface area is 192 Å². The molecule has 2 fully saturated rings. The van der Waals surface area contributed by atoms with E-state index in [2.05, 4.69) is 15.2 Å². The number of ether oxygens (including phenoxy) is 1. The van der Waals surface area contributed by atoms with Crippen LogP contribution in [0.4, 0.5) is 11.5 Å². The Kier molecular flexibility index (Phi) is 5.81. The lowest BCUT2D eigenvalue weighted by molar-refractivity contribution is -0.147. The Hall–Kier alpha value is -3.68. The summed E-state index contributed by atoms with van der Waals surface area (Å²) >= 11 is 0. The van der Waals surface area contributed by atoms with E-state index in [-0.39, 0.29) is 23.7 Å². The molecule has 2 aliphatic rings. The monoisotopic (exact) mass is 446 g/mol. The molecular weight excluding hydrogens is 420 g/mol. The Morgan fingerprint density at radius 2 is 1.85 bits per heavy atom. The lowest BCUT2D eigenvalue weighted by Crippen LogP contribution is -2.38. The van der Waals surface area contributed by atoms with E-state index >= 15 is 0 Å². The van der Waals surface area contributed by atoms with E-state index in [1.165, 1.54) is 6.92 Å². The molecular formula is C25H26N4O4. The van der Waals surface area contributed by atoms with E-state index in [4.69, 9.17) is 14.1 Å². The number of piperidine rings is 1. The molecule has 33 heavy (non-hydrogen) atoms. The van der Waals surface area contributed by atoms with Crippen LogP contribution in [0.5, 0.6) is 0 Å². The van der Waals surface area contributed by atoms with E-state index < -0.39 is 0 Å². The van der Waals surface area contributed by atoms with Crippen molar-refractivity contribution in [1.82, 2.24) is 9.97 Å². The lowest BCUT2D eigenvalue weighted by Gasteiger charge is -2.33. The molecule has 1 aliphatic heterocycles. The minimum Gasteiger partial charge on any atom is -0.462 e. The highest BCUT2D eigenvalue weighted by Crippen LogP contribution is 2.42. The highest BCUT2D eigenvalue weighted by Gasteiger charge is 2.28. The predicted octanol–water partition coefficient (Wildman–Crippen LogP) is 4.40. The number of furan rings is 1. The largest absolute Gasteiger partial charge is 0.462 e. The average molecular weight is 447 g/mol. The Balaban J connectivity index is 1.35. The third-order valence-corrected chi connectivity index (χ3v) is 6.05. The van der Waals surface area contributed by atoms with E-state index in [0.29, 0.717) is 30.5 Å². The first-order valence-electron chi connectivity index (χ1n) is 11.3. The summed E-state index contributed by atoms with van der Waals surface area (Å²) < 4.78 is 11.2. The maximum absolute atomic E-state index is 13.0. The number of hydrogen-bond donors (Lipinski definition) is 1. The molecule has 1 saturated carbocycles. The molecule has 0 spiro atoms. The zero-order valence-corrected chi connectivity index (χ0v) is 18.5. The number of carbonyl (C=O) groups excluding carboxylic acids is 2. The lowest BCUT2D eigenvalue weighted by atomic mass is 10.1. The molecule has 0 atom stereocenters. The molecule has 1 aliphatic carbocycles. The third kappa shape index (κ3) is 4.89. The van der Waals surface area contributed by atoms with Gasteiger partial charge in [-0.25, -0.2) is 4.98 Å². The highest BCUT2D eigenvalue weighted by atomic mass is 16.5. The van der Waals surface area contributed by atoms with Gasteiger partial charge >= 0.3 is 5.97 Å². The van der Waals surface area contributed by atoms with Crippen molar-refractivity contribution in [3.63, 3.8) is 0 Å². The van der Waals surface area contributed by atoms with Crippen molar-refractivity contribution in [1.29, 1.82) is 0 Å². The molecule has 1 amide bonds. The minimum absolute atomic E-state index is 0.0720. The molecule has 0 bridgehead atoms. The van der Waals surface area contributed by atoms with Gasteiger partial charge in [-0.15, -0.1) is 0 Å². The summed E-state index contributed by atoms with van der Waals surface area (Å²) in [6.07, 6.45) is 8.96. The van der Waals surface area contributed by atoms with Gasteiger partial charge in [-0.2, -0.15) is 0 Å². The summed E-state index contributed by atoms with van der Waals surface area (Å²) in [5.74, 6) is 1.52. The number of aromatic nitrogens is 2. The maximum atomic E-state index is 13.0. The number of hydrogen-bond acceptors (Lipinski definition) is 7. The Bertz CT molecular complexity index is 1150. The number of esters is 1. The number of carbonyl (C=O) groups is 2. The molecule has 3 aromatic heterocycles. The van der Waals surface area contributed by atoms with Crippen molar-refractivity contribution < 1.29 is 18.7 Å². The number of amides is 1. The fourth-order valence-corrected chi connectivity index (χ4v) is 4.19. The molecule has 1 N–H and O–H groups in total. The second kappa shape index (κ2) is 9.05. The number of nitrogens with one attached hydrogen (secondary N) is 1. The quantitative estimate of drug-likeness (QED) is 0.561. The van der Waals surface area contributed by atoms with Crippen molar-refractivity contribution in [3.8, 4) is 11.3 Å². The van der Waals surface area contributed by atoms with Crippen LogP contribution >= 0.6 is 0 Å². The fourth-order valence-electron chi connectivity index (χ4n) is 4.19. The zero-order chi connectivity index (χ0) is 22.8. The third-order valence-electron chi connectivity index (χ3n) is 6.05. The molecule has 8 nitrogen and oxygen atoms in total. The normalized spacial score (nSPS) is 16.5. The van der Waals surface area contributed by atoms with Gasteiger partial charge in [-0.1, -0.05) is 0 Å². The number of pyridine rings is 2. The standard InChI is InChI=1S/C25H26N4O4/c1-16(30)32-20-8-12-29(13-9-20)24-21(14-19(15-27-24)17-2-3-17)28-25(31)23-5-4-22(33-23)18-6-10-26-11-7-18/h4-7,10-11,14-15,17,20H,2-3,8-9,12-13H2,1H3,(H,28,31). The summed E-state index contributed by atoms with van der Waals surface area (Å²) in [5.41, 5.74) is 2.68. The van der Waals surface area contributed by atoms with Gasteiger partial charge in [0.25, 0.3) is 5.91 Å². The van der Waals surface area contributed by atoms with Crippen LogP contribution in [0.2, 0.25) is 0 Å². The number of nitrogens with zero attached hydrogens (tertiary/aromatic N) is 3. The first kappa shape index (κ1) is 21.2. The zero-order valence-electron chi connectivity index (χ0n) is 18.5. The van der Waals surface area contributed by atoms with Crippen molar-refractivity contribution in [2.24, 2.45) is 0 Å². The second-order valence-electron chi connectivity index (χ2n) is 8.56. The summed E-state index contributed by atoms with van der Waals surface area (Å²) in [6.45, 7) is 2.83. The van der Waals surface area contributed by atoms with Crippen molar-refractivity contribution >= 4 is 23.4 Å². The van der Waals surface area contributed by atoms with Crippen LogP contribution in [0.3, 0.4) is 0 Å². The van der Waals surface area contributed by atoms with Crippen LogP contribution in [-0.4, -0.2) is 41.0 Å². The summed E-state index contributed by atoms with van der Waals surface area (Å²) in [4.78, 5) is 35.2. The average Bonchev–Trinajstić information content (AvgIpc) is 3.56. The topological polar surface area (TPSA) is 97.6 Å². The van der Waals surface area contributed by atoms with Gasteiger partial charge < -0.3 is 19.4 Å². The molecule has 0 aromatic carbocycles. The van der Waals surface area contributed by atoms with Crippen LogP contribution in [0.15, 0.2) is 53.3 Å². The van der Waals surface area contributed by atoms with E-state index in [0.717, 1.165) is 42.6 Å². The van der Waals surface area contributed by atoms with Crippen LogP contribution in [0, 0.1) is 0 Å². The van der Waals surface area contributed by atoms with Crippen LogP contribution in [-0.2, 0) is 9.53 Å². The van der Waals surface area contributed by atoms with Crippen molar-refractivity contribution in [2.45, 2.75) is 44.6 Å². The van der Waals surface area contributed by atoms with Gasteiger partial charge in [-0.05, 0) is 54.7 Å². The maximum Gasteiger partial charge on any atom is 0.302 e. The van der Waals surface area contributed by atoms with Gasteiger partial charge in [0.15, 0.2) is 11.6 Å². The van der Waals surface area contributed by atoms with Gasteiger partial charge in [0.1, 0.15) is 11.9 Å². The molecule has 0 radical (unpaired) electrons. The van der Waals surface area contributed by atoms with Crippen LogP contribution in [0.1, 0.15) is 54.6 Å². The second-order valence-corrected chi connectivity index (χ2v) is 8.56. The Morgan fingerprint density at radius 1 is 1.09 bits per heavy atom. The van der Waals surface area contributed by atoms with Gasteiger partial charge in [0.05, 0.1) is 5.69 Å². The molecule has 3 aromatic rings. The fraction of sp³-hybridized carbons (Fsp3) is 0.360. The molecule has 4 heterocycles. The first-order chi connectivity index (χ1) is 16.1. The summed E-state index contributed by atoms with van der Waals surface area (Å²) in [7, 11) is 0. The van der Waals surface area contributed by atoms with Crippen molar-refractivity contribution in [3.05, 3.63) is 60.2 Å². The van der Waals surface area contributed by atoms with Crippen molar-refractivity contribution in [2.75, 3.05) is 23.3 Å². The van der Waals surface area contributed by atoms with Gasteiger partial charge in [0, 0.05) is 57.0 Å². The highest BCUT2D eigenvalue weighted by molar-refractivity contribution is 6.04. The predicted molar refractivity (Wildman–Crippen MR) is 123 cm³/mol. The van der Waals surface area contributed by atoms with Crippen LogP contribution < -0.4 is 10.2 Å². The number of anilines is 2. The molecule has 1 saturated heterocycles. The first-order valence-corrected chi connectivity index (χ1v) is 11.3. The molecule has 5 rings (SSSR count). The minimum atomic E-state index is -0.318. The smallest absolute Gasteiger partial charge is 0.302 e. The molecule has 0 unspecified atom stereocenters. The summed E-state index contributed by atoms with van der Waals surface area (Å²) in [5, 5.41) is 3.02. The number of rotatable bonds is 6. The van der Waals surface area contributed by atoms with Gasteiger partial charge in [0.2, 0.25) is 0 Å². The van der Waals surface area contributed by atoms with E-state index in [1.807, 2.05) is 24.4 Å². The van der Waals surface area contributed by atoms with E-state index in [1.54, 1.807) is 24.5 Å². The molecule has 170 valence electrons. The Morgan fingerprint density at radius 3 is 2.55 bits per heavy atom.